The number of hydrogen-bond acceptors (Lipinski definition) is 5. The Balaban J connectivity index is 2.93. The summed E-state index contributed by atoms with van der Waals surface area (Å²) in [6.45, 7) is 2.87. The Kier molecular flexibility index (Phi) is 4.85. The van der Waals surface area contributed by atoms with Crippen molar-refractivity contribution < 1.29 is 24.4 Å². The van der Waals surface area contributed by atoms with Crippen molar-refractivity contribution in [2.75, 3.05) is 13.7 Å². The van der Waals surface area contributed by atoms with E-state index >= 15 is 0 Å². The molecule has 0 fully saturated rings. The van der Waals surface area contributed by atoms with E-state index in [4.69, 9.17) is 9.84 Å². The zero-order chi connectivity index (χ0) is 16.2. The zero-order valence-corrected chi connectivity index (χ0v) is 11.9. The highest BCUT2D eigenvalue weighted by molar-refractivity contribution is 5.97. The second-order valence-electron chi connectivity index (χ2n) is 5.01. The number of carboxylic acids is 1. The van der Waals surface area contributed by atoms with Gasteiger partial charge in [0.05, 0.1) is 29.1 Å². The summed E-state index contributed by atoms with van der Waals surface area (Å²) in [4.78, 5) is 33.0. The molecule has 0 saturated carbocycles. The minimum Gasteiger partial charge on any atom is -0.496 e. The molecule has 1 amide bonds. The number of carboxylic acid groups (broad SMARTS) is 1. The van der Waals surface area contributed by atoms with E-state index in [2.05, 4.69) is 5.32 Å². The van der Waals surface area contributed by atoms with Crippen molar-refractivity contribution in [2.24, 2.45) is 5.41 Å². The Morgan fingerprint density at radius 2 is 2.05 bits per heavy atom. The largest absolute Gasteiger partial charge is 0.496 e. The van der Waals surface area contributed by atoms with Crippen LogP contribution in [0, 0.1) is 15.5 Å². The fraction of sp³-hybridized carbons (Fsp3) is 0.385. The lowest BCUT2D eigenvalue weighted by Gasteiger charge is -2.19. The molecule has 2 N–H and O–H groups in total. The number of hydrogen-bond donors (Lipinski definition) is 2. The van der Waals surface area contributed by atoms with Crippen LogP contribution in [-0.2, 0) is 4.79 Å². The molecule has 0 aromatic heterocycles. The number of benzene rings is 1. The number of carbonyl (C=O) groups excluding carboxylic acids is 1. The molecule has 1 aromatic rings. The molecule has 1 aromatic carbocycles. The number of nitro groups is 1. The van der Waals surface area contributed by atoms with Gasteiger partial charge < -0.3 is 15.2 Å². The van der Waals surface area contributed by atoms with Gasteiger partial charge in [-0.05, 0) is 19.9 Å². The summed E-state index contributed by atoms with van der Waals surface area (Å²) in [5, 5.41) is 22.1. The van der Waals surface area contributed by atoms with Gasteiger partial charge in [-0.15, -0.1) is 0 Å². The number of nitrogens with one attached hydrogen (secondary N) is 1. The Labute approximate surface area is 120 Å². The van der Waals surface area contributed by atoms with Crippen molar-refractivity contribution in [3.63, 3.8) is 0 Å². The average molecular weight is 296 g/mol. The first-order chi connectivity index (χ1) is 9.69. The van der Waals surface area contributed by atoms with Gasteiger partial charge in [-0.3, -0.25) is 19.7 Å². The lowest BCUT2D eigenvalue weighted by molar-refractivity contribution is -0.384. The van der Waals surface area contributed by atoms with E-state index in [0.717, 1.165) is 6.07 Å². The van der Waals surface area contributed by atoms with Crippen LogP contribution in [-0.4, -0.2) is 35.6 Å². The summed E-state index contributed by atoms with van der Waals surface area (Å²) < 4.78 is 4.96. The highest BCUT2D eigenvalue weighted by atomic mass is 16.6. The third-order valence-electron chi connectivity index (χ3n) is 2.91. The molecule has 0 spiro atoms. The minimum absolute atomic E-state index is 0.0508. The van der Waals surface area contributed by atoms with Gasteiger partial charge in [0.1, 0.15) is 5.75 Å². The lowest BCUT2D eigenvalue weighted by atomic mass is 9.94. The molecule has 8 nitrogen and oxygen atoms in total. The van der Waals surface area contributed by atoms with Crippen LogP contribution in [0.2, 0.25) is 0 Å². The van der Waals surface area contributed by atoms with Crippen LogP contribution in [0.15, 0.2) is 18.2 Å². The van der Waals surface area contributed by atoms with Gasteiger partial charge in [0, 0.05) is 12.6 Å². The van der Waals surface area contributed by atoms with E-state index in [1.807, 2.05) is 0 Å². The number of methoxy groups -OCH3 is 1. The summed E-state index contributed by atoms with van der Waals surface area (Å²) in [5.41, 5.74) is -1.22. The standard InChI is InChI=1S/C13H16N2O6/c1-13(2,12(17)18)7-14-11(16)9-5-4-8(15(19)20)6-10(9)21-3/h4-6H,7H2,1-3H3,(H,14,16)(H,17,18). The summed E-state index contributed by atoms with van der Waals surface area (Å²) in [7, 11) is 1.29. The maximum Gasteiger partial charge on any atom is 0.310 e. The van der Waals surface area contributed by atoms with E-state index in [1.165, 1.54) is 33.1 Å². The van der Waals surface area contributed by atoms with E-state index in [0.29, 0.717) is 0 Å². The van der Waals surface area contributed by atoms with Crippen LogP contribution < -0.4 is 10.1 Å². The topological polar surface area (TPSA) is 119 Å². The lowest BCUT2D eigenvalue weighted by Crippen LogP contribution is -2.39. The first-order valence-electron chi connectivity index (χ1n) is 6.03. The predicted molar refractivity (Wildman–Crippen MR) is 73.4 cm³/mol. The second-order valence-corrected chi connectivity index (χ2v) is 5.01. The maximum atomic E-state index is 12.0. The molecule has 0 aliphatic carbocycles. The van der Waals surface area contributed by atoms with E-state index in [9.17, 15) is 19.7 Å². The Morgan fingerprint density at radius 1 is 1.43 bits per heavy atom. The number of rotatable bonds is 6. The SMILES string of the molecule is COc1cc([N+](=O)[O-])ccc1C(=O)NCC(C)(C)C(=O)O. The molecule has 1 rings (SSSR count). The number of nitro benzene ring substituents is 1. The van der Waals surface area contributed by atoms with Crippen molar-refractivity contribution >= 4 is 17.6 Å². The Bertz CT molecular complexity index is 582. The van der Waals surface area contributed by atoms with Crippen LogP contribution in [0.3, 0.4) is 0 Å². The number of amides is 1. The molecule has 0 unspecified atom stereocenters. The van der Waals surface area contributed by atoms with Gasteiger partial charge in [-0.2, -0.15) is 0 Å². The average Bonchev–Trinajstić information content (AvgIpc) is 2.43. The van der Waals surface area contributed by atoms with Gasteiger partial charge >= 0.3 is 5.97 Å². The Morgan fingerprint density at radius 3 is 2.52 bits per heavy atom. The first-order valence-corrected chi connectivity index (χ1v) is 6.03. The van der Waals surface area contributed by atoms with Crippen LogP contribution in [0.25, 0.3) is 0 Å². The van der Waals surface area contributed by atoms with Crippen LogP contribution in [0.4, 0.5) is 5.69 Å². The molecule has 0 radical (unpaired) electrons. The number of ether oxygens (including phenoxy) is 1. The zero-order valence-electron chi connectivity index (χ0n) is 11.9. The number of carbonyl (C=O) groups is 2. The van der Waals surface area contributed by atoms with Crippen molar-refractivity contribution in [3.05, 3.63) is 33.9 Å². The molecule has 21 heavy (non-hydrogen) atoms. The summed E-state index contributed by atoms with van der Waals surface area (Å²) in [6.07, 6.45) is 0. The van der Waals surface area contributed by atoms with Crippen molar-refractivity contribution in [3.8, 4) is 5.75 Å². The molecule has 114 valence electrons. The monoisotopic (exact) mass is 296 g/mol. The fourth-order valence-corrected chi connectivity index (χ4v) is 1.45. The normalized spacial score (nSPS) is 10.8. The van der Waals surface area contributed by atoms with Gasteiger partial charge in [-0.1, -0.05) is 0 Å². The van der Waals surface area contributed by atoms with Crippen LogP contribution in [0.1, 0.15) is 24.2 Å². The molecule has 0 atom stereocenters. The third kappa shape index (κ3) is 3.91. The summed E-state index contributed by atoms with van der Waals surface area (Å²) in [5.74, 6) is -1.55. The molecule has 0 aliphatic rings. The minimum atomic E-state index is -1.12. The van der Waals surface area contributed by atoms with Gasteiger partial charge in [0.2, 0.25) is 0 Å². The number of aliphatic carboxylic acids is 1. The molecule has 0 bridgehead atoms. The van der Waals surface area contributed by atoms with Gasteiger partial charge in [0.25, 0.3) is 11.6 Å². The van der Waals surface area contributed by atoms with E-state index < -0.39 is 22.2 Å². The van der Waals surface area contributed by atoms with Gasteiger partial charge in [-0.25, -0.2) is 0 Å². The summed E-state index contributed by atoms with van der Waals surface area (Å²) >= 11 is 0. The van der Waals surface area contributed by atoms with Crippen molar-refractivity contribution in [1.82, 2.24) is 5.32 Å². The smallest absolute Gasteiger partial charge is 0.310 e. The molecular weight excluding hydrogens is 280 g/mol. The van der Waals surface area contributed by atoms with Crippen LogP contribution >= 0.6 is 0 Å². The molecule has 0 heterocycles. The third-order valence-corrected chi connectivity index (χ3v) is 2.91. The van der Waals surface area contributed by atoms with Gasteiger partial charge in [0.15, 0.2) is 0 Å². The van der Waals surface area contributed by atoms with E-state index in [-0.39, 0.29) is 23.5 Å². The molecule has 8 heteroatoms. The first kappa shape index (κ1) is 16.4. The predicted octanol–water partition coefficient (Wildman–Crippen LogP) is 1.44. The fourth-order valence-electron chi connectivity index (χ4n) is 1.45. The highest BCUT2D eigenvalue weighted by Crippen LogP contribution is 2.24. The molecular formula is C13H16N2O6. The number of nitrogens with zero attached hydrogens (tertiary/aromatic N) is 1. The Hall–Kier alpha value is -2.64. The molecule has 0 saturated heterocycles. The summed E-state index contributed by atoms with van der Waals surface area (Å²) in [6, 6.07) is 3.58. The van der Waals surface area contributed by atoms with Crippen LogP contribution in [0.5, 0.6) is 5.75 Å². The van der Waals surface area contributed by atoms with Crippen molar-refractivity contribution in [1.29, 1.82) is 0 Å². The maximum absolute atomic E-state index is 12.0. The highest BCUT2D eigenvalue weighted by Gasteiger charge is 2.28. The van der Waals surface area contributed by atoms with E-state index in [1.54, 1.807) is 0 Å². The number of non-ortho nitro benzene ring substituents is 1. The van der Waals surface area contributed by atoms with Crippen molar-refractivity contribution in [2.45, 2.75) is 13.8 Å². The quantitative estimate of drug-likeness (QED) is 0.605. The molecule has 0 aliphatic heterocycles. The second kappa shape index (κ2) is 6.21.